The molecule has 0 radical (unpaired) electrons. The van der Waals surface area contributed by atoms with Crippen LogP contribution >= 0.6 is 0 Å². The monoisotopic (exact) mass is 287 g/mol. The highest BCUT2D eigenvalue weighted by molar-refractivity contribution is 4.64. The Hall–Kier alpha value is -0.120. The van der Waals surface area contributed by atoms with Gasteiger partial charge < -0.3 is 15.2 Å². The Balaban J connectivity index is 3.44. The van der Waals surface area contributed by atoms with Crippen LogP contribution in [0.15, 0.2) is 0 Å². The van der Waals surface area contributed by atoms with Crippen molar-refractivity contribution >= 4 is 0 Å². The van der Waals surface area contributed by atoms with Crippen LogP contribution in [-0.2, 0) is 4.74 Å². The van der Waals surface area contributed by atoms with Gasteiger partial charge in [0, 0.05) is 13.2 Å². The van der Waals surface area contributed by atoms with Crippen molar-refractivity contribution in [2.75, 3.05) is 26.3 Å². The highest BCUT2D eigenvalue weighted by Gasteiger charge is 2.08. The zero-order valence-corrected chi connectivity index (χ0v) is 14.2. The maximum atomic E-state index is 9.83. The van der Waals surface area contributed by atoms with Crippen molar-refractivity contribution < 1.29 is 9.84 Å². The maximum absolute atomic E-state index is 9.83. The van der Waals surface area contributed by atoms with Crippen LogP contribution in [0.2, 0.25) is 0 Å². The minimum Gasteiger partial charge on any atom is -0.389 e. The van der Waals surface area contributed by atoms with Gasteiger partial charge in [-0.3, -0.25) is 0 Å². The number of hydrogen-bond donors (Lipinski definition) is 2. The molecule has 0 aliphatic rings. The molecule has 122 valence electrons. The molecule has 2 N–H and O–H groups in total. The summed E-state index contributed by atoms with van der Waals surface area (Å²) in [5.41, 5.74) is 0. The van der Waals surface area contributed by atoms with E-state index in [1.807, 2.05) is 0 Å². The van der Waals surface area contributed by atoms with Crippen LogP contribution in [0.3, 0.4) is 0 Å². The van der Waals surface area contributed by atoms with E-state index in [1.165, 1.54) is 32.1 Å². The van der Waals surface area contributed by atoms with Gasteiger partial charge in [-0.25, -0.2) is 0 Å². The van der Waals surface area contributed by atoms with Crippen LogP contribution in [0.5, 0.6) is 0 Å². The molecule has 0 rings (SSSR count). The Morgan fingerprint density at radius 1 is 1.05 bits per heavy atom. The van der Waals surface area contributed by atoms with Gasteiger partial charge in [0.1, 0.15) is 0 Å². The van der Waals surface area contributed by atoms with E-state index < -0.39 is 0 Å². The fourth-order valence-electron chi connectivity index (χ4n) is 2.27. The molecule has 0 heterocycles. The highest BCUT2D eigenvalue weighted by atomic mass is 16.5. The van der Waals surface area contributed by atoms with Crippen LogP contribution in [0.4, 0.5) is 0 Å². The largest absolute Gasteiger partial charge is 0.389 e. The molecule has 0 saturated heterocycles. The molecular weight excluding hydrogens is 250 g/mol. The lowest BCUT2D eigenvalue weighted by Gasteiger charge is -2.17. The van der Waals surface area contributed by atoms with Gasteiger partial charge in [-0.2, -0.15) is 0 Å². The van der Waals surface area contributed by atoms with Gasteiger partial charge in [-0.05, 0) is 37.6 Å². The van der Waals surface area contributed by atoms with Crippen LogP contribution in [0, 0.1) is 11.8 Å². The number of aliphatic hydroxyl groups excluding tert-OH is 1. The predicted molar refractivity (Wildman–Crippen MR) is 87.1 cm³/mol. The van der Waals surface area contributed by atoms with Crippen molar-refractivity contribution in [3.05, 3.63) is 0 Å². The molecule has 0 aromatic heterocycles. The van der Waals surface area contributed by atoms with E-state index in [-0.39, 0.29) is 6.10 Å². The van der Waals surface area contributed by atoms with E-state index in [4.69, 9.17) is 4.74 Å². The number of nitrogens with one attached hydrogen (secondary N) is 1. The Labute approximate surface area is 126 Å². The molecule has 3 heteroatoms. The second-order valence-corrected chi connectivity index (χ2v) is 6.34. The molecule has 3 nitrogen and oxygen atoms in total. The summed E-state index contributed by atoms with van der Waals surface area (Å²) < 4.78 is 5.50. The predicted octanol–water partition coefficient (Wildman–Crippen LogP) is 3.61. The lowest BCUT2D eigenvalue weighted by molar-refractivity contribution is 0.0343. The van der Waals surface area contributed by atoms with Gasteiger partial charge in [0.15, 0.2) is 0 Å². The molecule has 0 spiro atoms. The summed E-state index contributed by atoms with van der Waals surface area (Å²) in [6.07, 6.45) is 7.00. The van der Waals surface area contributed by atoms with Gasteiger partial charge >= 0.3 is 0 Å². The van der Waals surface area contributed by atoms with E-state index in [0.29, 0.717) is 13.2 Å². The first-order valence-electron chi connectivity index (χ1n) is 8.56. The molecule has 0 amide bonds. The SMILES string of the molecule is CCCCC(CC)CNCC(O)COCCCC(C)C. The zero-order valence-electron chi connectivity index (χ0n) is 14.2. The number of unbranched alkanes of at least 4 members (excludes halogenated alkanes) is 1. The minimum atomic E-state index is -0.377. The summed E-state index contributed by atoms with van der Waals surface area (Å²) >= 11 is 0. The van der Waals surface area contributed by atoms with Crippen LogP contribution in [-0.4, -0.2) is 37.5 Å². The number of ether oxygens (including phenoxy) is 1. The average molecular weight is 287 g/mol. The molecule has 0 aromatic rings. The topological polar surface area (TPSA) is 41.5 Å². The molecule has 0 aliphatic carbocycles. The molecular formula is C17H37NO2. The zero-order chi connectivity index (χ0) is 15.2. The summed E-state index contributed by atoms with van der Waals surface area (Å²) in [4.78, 5) is 0. The highest BCUT2D eigenvalue weighted by Crippen LogP contribution is 2.11. The number of aliphatic hydroxyl groups is 1. The Morgan fingerprint density at radius 2 is 1.80 bits per heavy atom. The Morgan fingerprint density at radius 3 is 2.40 bits per heavy atom. The van der Waals surface area contributed by atoms with E-state index in [0.717, 1.165) is 31.4 Å². The van der Waals surface area contributed by atoms with E-state index in [2.05, 4.69) is 33.0 Å². The molecule has 0 saturated carbocycles. The molecule has 2 atom stereocenters. The summed E-state index contributed by atoms with van der Waals surface area (Å²) in [6, 6.07) is 0. The van der Waals surface area contributed by atoms with E-state index in [1.54, 1.807) is 0 Å². The third kappa shape index (κ3) is 12.9. The first-order chi connectivity index (χ1) is 9.60. The average Bonchev–Trinajstić information content (AvgIpc) is 2.41. The van der Waals surface area contributed by atoms with Crippen molar-refractivity contribution in [1.29, 1.82) is 0 Å². The quantitative estimate of drug-likeness (QED) is 0.480. The molecule has 20 heavy (non-hydrogen) atoms. The lowest BCUT2D eigenvalue weighted by atomic mass is 9.99. The fraction of sp³-hybridized carbons (Fsp3) is 1.00. The van der Waals surface area contributed by atoms with Crippen molar-refractivity contribution in [3.63, 3.8) is 0 Å². The smallest absolute Gasteiger partial charge is 0.0897 e. The van der Waals surface area contributed by atoms with Crippen LogP contribution in [0.1, 0.15) is 66.2 Å². The maximum Gasteiger partial charge on any atom is 0.0897 e. The van der Waals surface area contributed by atoms with Gasteiger partial charge in [0.05, 0.1) is 12.7 Å². The minimum absolute atomic E-state index is 0.377. The van der Waals surface area contributed by atoms with E-state index in [9.17, 15) is 5.11 Å². The van der Waals surface area contributed by atoms with Crippen molar-refractivity contribution in [2.45, 2.75) is 72.3 Å². The molecule has 0 aliphatic heterocycles. The first kappa shape index (κ1) is 19.9. The number of rotatable bonds is 14. The van der Waals surface area contributed by atoms with E-state index >= 15 is 0 Å². The lowest BCUT2D eigenvalue weighted by Crippen LogP contribution is -2.33. The first-order valence-corrected chi connectivity index (χ1v) is 8.56. The summed E-state index contributed by atoms with van der Waals surface area (Å²) in [5, 5.41) is 13.2. The molecule has 0 aromatic carbocycles. The van der Waals surface area contributed by atoms with Crippen LogP contribution < -0.4 is 5.32 Å². The Kier molecular flexibility index (Phi) is 13.8. The third-order valence-electron chi connectivity index (χ3n) is 3.74. The second kappa shape index (κ2) is 13.8. The standard InChI is InChI=1S/C17H37NO2/c1-5-7-10-16(6-2)12-18-13-17(19)14-20-11-8-9-15(3)4/h15-19H,5-14H2,1-4H3. The normalized spacial score (nSPS) is 14.7. The van der Waals surface area contributed by atoms with Crippen molar-refractivity contribution in [1.82, 2.24) is 5.32 Å². The molecule has 0 fully saturated rings. The fourth-order valence-corrected chi connectivity index (χ4v) is 2.27. The second-order valence-electron chi connectivity index (χ2n) is 6.34. The summed E-state index contributed by atoms with van der Waals surface area (Å²) in [6.45, 7) is 11.8. The van der Waals surface area contributed by atoms with Crippen LogP contribution in [0.25, 0.3) is 0 Å². The van der Waals surface area contributed by atoms with Crippen molar-refractivity contribution in [3.8, 4) is 0 Å². The Bertz CT molecular complexity index is 197. The number of hydrogen-bond acceptors (Lipinski definition) is 3. The van der Waals surface area contributed by atoms with Gasteiger partial charge in [0.2, 0.25) is 0 Å². The summed E-state index contributed by atoms with van der Waals surface area (Å²) in [5.74, 6) is 1.48. The van der Waals surface area contributed by atoms with Gasteiger partial charge in [-0.1, -0.05) is 47.0 Å². The van der Waals surface area contributed by atoms with Gasteiger partial charge in [0.25, 0.3) is 0 Å². The molecule has 0 bridgehead atoms. The molecule has 2 unspecified atom stereocenters. The summed E-state index contributed by atoms with van der Waals surface area (Å²) in [7, 11) is 0. The van der Waals surface area contributed by atoms with Gasteiger partial charge in [-0.15, -0.1) is 0 Å². The van der Waals surface area contributed by atoms with Crippen molar-refractivity contribution in [2.24, 2.45) is 11.8 Å². The third-order valence-corrected chi connectivity index (χ3v) is 3.74.